The van der Waals surface area contributed by atoms with Crippen LogP contribution in [-0.2, 0) is 4.74 Å². The van der Waals surface area contributed by atoms with Gasteiger partial charge in [-0.3, -0.25) is 0 Å². The second-order valence-electron chi connectivity index (χ2n) is 2.70. The van der Waals surface area contributed by atoms with E-state index >= 15 is 0 Å². The highest BCUT2D eigenvalue weighted by Crippen LogP contribution is 2.24. The molecule has 0 radical (unpaired) electrons. The van der Waals surface area contributed by atoms with Gasteiger partial charge >= 0.3 is 0 Å². The monoisotopic (exact) mass is 203 g/mol. The van der Waals surface area contributed by atoms with E-state index in [0.29, 0.717) is 10.6 Å². The Kier molecular flexibility index (Phi) is 3.66. The van der Waals surface area contributed by atoms with Crippen LogP contribution < -0.4 is 5.73 Å². The van der Waals surface area contributed by atoms with Crippen LogP contribution in [0, 0.1) is 5.82 Å². The summed E-state index contributed by atoms with van der Waals surface area (Å²) in [6.07, 6.45) is 0. The molecule has 1 aromatic rings. The number of methoxy groups -OCH3 is 1. The molecule has 0 saturated carbocycles. The van der Waals surface area contributed by atoms with Crippen molar-refractivity contribution in [3.8, 4) is 0 Å². The highest BCUT2D eigenvalue weighted by atomic mass is 35.5. The summed E-state index contributed by atoms with van der Waals surface area (Å²) in [7, 11) is 1.51. The Hall–Kier alpha value is -0.640. The topological polar surface area (TPSA) is 35.2 Å². The molecule has 2 nitrogen and oxygen atoms in total. The Morgan fingerprint density at radius 3 is 2.85 bits per heavy atom. The first-order chi connectivity index (χ1) is 6.16. The molecule has 0 aliphatic carbocycles. The molecule has 72 valence electrons. The lowest BCUT2D eigenvalue weighted by atomic mass is 10.1. The molecular weight excluding hydrogens is 193 g/mol. The van der Waals surface area contributed by atoms with Crippen molar-refractivity contribution in [1.82, 2.24) is 0 Å². The van der Waals surface area contributed by atoms with Gasteiger partial charge < -0.3 is 10.5 Å². The average molecular weight is 204 g/mol. The fourth-order valence-electron chi connectivity index (χ4n) is 1.13. The van der Waals surface area contributed by atoms with E-state index in [1.807, 2.05) is 0 Å². The van der Waals surface area contributed by atoms with Crippen molar-refractivity contribution >= 4 is 11.6 Å². The SMILES string of the molecule is COC[C@@H](N)c1c(F)cccc1Cl. The van der Waals surface area contributed by atoms with Crippen LogP contribution in [0.5, 0.6) is 0 Å². The normalized spacial score (nSPS) is 12.9. The van der Waals surface area contributed by atoms with Gasteiger partial charge in [0, 0.05) is 17.7 Å². The van der Waals surface area contributed by atoms with E-state index in [1.165, 1.54) is 13.2 Å². The molecule has 0 spiro atoms. The molecule has 1 atom stereocenters. The van der Waals surface area contributed by atoms with Crippen LogP contribution in [-0.4, -0.2) is 13.7 Å². The van der Waals surface area contributed by atoms with Gasteiger partial charge in [-0.15, -0.1) is 0 Å². The summed E-state index contributed by atoms with van der Waals surface area (Å²) in [5, 5.41) is 0.338. The van der Waals surface area contributed by atoms with Crippen molar-refractivity contribution in [2.45, 2.75) is 6.04 Å². The predicted octanol–water partition coefficient (Wildman–Crippen LogP) is 2.13. The van der Waals surface area contributed by atoms with Crippen LogP contribution in [0.2, 0.25) is 5.02 Å². The number of ether oxygens (including phenoxy) is 1. The molecule has 1 rings (SSSR count). The van der Waals surface area contributed by atoms with Gasteiger partial charge in [-0.05, 0) is 12.1 Å². The molecule has 1 aromatic carbocycles. The molecule has 13 heavy (non-hydrogen) atoms. The fraction of sp³-hybridized carbons (Fsp3) is 0.333. The minimum atomic E-state index is -0.515. The molecule has 0 saturated heterocycles. The molecule has 0 aliphatic heterocycles. The molecule has 0 unspecified atom stereocenters. The average Bonchev–Trinajstić information content (AvgIpc) is 2.04. The summed E-state index contributed by atoms with van der Waals surface area (Å²) >= 11 is 5.78. The number of benzene rings is 1. The van der Waals surface area contributed by atoms with Gasteiger partial charge in [-0.1, -0.05) is 17.7 Å². The maximum absolute atomic E-state index is 13.2. The summed E-state index contributed by atoms with van der Waals surface area (Å²) in [6.45, 7) is 0.251. The van der Waals surface area contributed by atoms with Gasteiger partial charge in [0.1, 0.15) is 5.82 Å². The predicted molar refractivity (Wildman–Crippen MR) is 50.2 cm³/mol. The molecule has 0 aromatic heterocycles. The molecule has 0 amide bonds. The van der Waals surface area contributed by atoms with E-state index in [1.54, 1.807) is 12.1 Å². The van der Waals surface area contributed by atoms with Gasteiger partial charge in [-0.25, -0.2) is 4.39 Å². The van der Waals surface area contributed by atoms with E-state index in [2.05, 4.69) is 0 Å². The number of hydrogen-bond acceptors (Lipinski definition) is 2. The lowest BCUT2D eigenvalue weighted by Gasteiger charge is -2.13. The third-order valence-electron chi connectivity index (χ3n) is 1.72. The van der Waals surface area contributed by atoms with Crippen molar-refractivity contribution in [1.29, 1.82) is 0 Å². The summed E-state index contributed by atoms with van der Waals surface area (Å²) in [4.78, 5) is 0. The van der Waals surface area contributed by atoms with Gasteiger partial charge in [0.25, 0.3) is 0 Å². The number of nitrogens with two attached hydrogens (primary N) is 1. The van der Waals surface area contributed by atoms with E-state index in [4.69, 9.17) is 22.1 Å². The standard InChI is InChI=1S/C9H11ClFNO/c1-13-5-8(12)9-6(10)3-2-4-7(9)11/h2-4,8H,5,12H2,1H3/t8-/m1/s1. The highest BCUT2D eigenvalue weighted by molar-refractivity contribution is 6.31. The molecule has 4 heteroatoms. The van der Waals surface area contributed by atoms with Crippen LogP contribution in [0.1, 0.15) is 11.6 Å². The van der Waals surface area contributed by atoms with Crippen LogP contribution in [0.15, 0.2) is 18.2 Å². The highest BCUT2D eigenvalue weighted by Gasteiger charge is 2.14. The minimum Gasteiger partial charge on any atom is -0.383 e. The second-order valence-corrected chi connectivity index (χ2v) is 3.10. The maximum atomic E-state index is 13.2. The van der Waals surface area contributed by atoms with Crippen molar-refractivity contribution in [2.24, 2.45) is 5.73 Å². The van der Waals surface area contributed by atoms with Crippen LogP contribution in [0.4, 0.5) is 4.39 Å². The molecule has 2 N–H and O–H groups in total. The maximum Gasteiger partial charge on any atom is 0.129 e. The fourth-order valence-corrected chi connectivity index (χ4v) is 1.43. The lowest BCUT2D eigenvalue weighted by Crippen LogP contribution is -2.18. The molecule has 0 aliphatic rings. The zero-order chi connectivity index (χ0) is 9.84. The largest absolute Gasteiger partial charge is 0.383 e. The number of hydrogen-bond donors (Lipinski definition) is 1. The van der Waals surface area contributed by atoms with E-state index in [9.17, 15) is 4.39 Å². The Balaban J connectivity index is 2.98. The van der Waals surface area contributed by atoms with Crippen molar-refractivity contribution in [3.05, 3.63) is 34.6 Å². The quantitative estimate of drug-likeness (QED) is 0.817. The molecule has 0 fully saturated rings. The van der Waals surface area contributed by atoms with E-state index in [-0.39, 0.29) is 6.61 Å². The van der Waals surface area contributed by atoms with E-state index < -0.39 is 11.9 Å². The Morgan fingerprint density at radius 1 is 1.62 bits per heavy atom. The summed E-state index contributed by atoms with van der Waals surface area (Å²) in [5.74, 6) is -0.392. The molecular formula is C9H11ClFNO. The molecule has 0 heterocycles. The number of rotatable bonds is 3. The van der Waals surface area contributed by atoms with Crippen molar-refractivity contribution in [2.75, 3.05) is 13.7 Å². The summed E-state index contributed by atoms with van der Waals surface area (Å²) in [6, 6.07) is 3.96. The Morgan fingerprint density at radius 2 is 2.31 bits per heavy atom. The van der Waals surface area contributed by atoms with Gasteiger partial charge in [-0.2, -0.15) is 0 Å². The van der Waals surface area contributed by atoms with Crippen LogP contribution in [0.25, 0.3) is 0 Å². The Labute approximate surface area is 81.4 Å². The lowest BCUT2D eigenvalue weighted by molar-refractivity contribution is 0.179. The first-order valence-electron chi connectivity index (χ1n) is 3.85. The minimum absolute atomic E-state index is 0.251. The van der Waals surface area contributed by atoms with Crippen molar-refractivity contribution in [3.63, 3.8) is 0 Å². The zero-order valence-corrected chi connectivity index (χ0v) is 8.01. The van der Waals surface area contributed by atoms with Crippen LogP contribution in [0.3, 0.4) is 0 Å². The second kappa shape index (κ2) is 4.56. The first kappa shape index (κ1) is 10.4. The summed E-state index contributed by atoms with van der Waals surface area (Å²) < 4.78 is 18.0. The van der Waals surface area contributed by atoms with Crippen LogP contribution >= 0.6 is 11.6 Å². The van der Waals surface area contributed by atoms with Gasteiger partial charge in [0.2, 0.25) is 0 Å². The Bertz CT molecular complexity index is 273. The third-order valence-corrected chi connectivity index (χ3v) is 2.05. The molecule has 0 bridgehead atoms. The first-order valence-corrected chi connectivity index (χ1v) is 4.23. The van der Waals surface area contributed by atoms with Gasteiger partial charge in [0.15, 0.2) is 0 Å². The zero-order valence-electron chi connectivity index (χ0n) is 7.26. The summed E-state index contributed by atoms with van der Waals surface area (Å²) in [5.41, 5.74) is 5.97. The number of halogens is 2. The van der Waals surface area contributed by atoms with Gasteiger partial charge in [0.05, 0.1) is 12.6 Å². The third kappa shape index (κ3) is 2.40. The van der Waals surface area contributed by atoms with Crippen molar-refractivity contribution < 1.29 is 9.13 Å². The smallest absolute Gasteiger partial charge is 0.129 e. The van der Waals surface area contributed by atoms with E-state index in [0.717, 1.165) is 0 Å².